The summed E-state index contributed by atoms with van der Waals surface area (Å²) < 4.78 is 5.11. The van der Waals surface area contributed by atoms with E-state index >= 15 is 0 Å². The van der Waals surface area contributed by atoms with Crippen LogP contribution in [0.5, 0.6) is 5.75 Å². The number of rotatable bonds is 7. The van der Waals surface area contributed by atoms with E-state index in [1.807, 2.05) is 30.5 Å². The third kappa shape index (κ3) is 4.01. The zero-order valence-electron chi connectivity index (χ0n) is 17.7. The molecule has 0 aliphatic carbocycles. The van der Waals surface area contributed by atoms with Crippen LogP contribution in [0.1, 0.15) is 37.4 Å². The van der Waals surface area contributed by atoms with Gasteiger partial charge in [-0.15, -0.1) is 0 Å². The number of fused-ring (bicyclic) bond motifs is 1. The van der Waals surface area contributed by atoms with E-state index in [9.17, 15) is 19.8 Å². The second-order valence-corrected chi connectivity index (χ2v) is 7.53. The number of carboxylic acids is 2. The topological polar surface area (TPSA) is 149 Å². The summed E-state index contributed by atoms with van der Waals surface area (Å²) in [4.78, 5) is 27.0. The molecule has 3 aromatic carbocycles. The predicted octanol–water partition coefficient (Wildman–Crippen LogP) is 4.11. The minimum absolute atomic E-state index is 0.0190. The van der Waals surface area contributed by atoms with Crippen LogP contribution in [0.15, 0.2) is 60.8 Å². The number of carbonyl (C=O) groups is 2. The lowest BCUT2D eigenvalue weighted by Gasteiger charge is -2.15. The average molecular weight is 443 g/mol. The number of ether oxygens (including phenoxy) is 1. The summed E-state index contributed by atoms with van der Waals surface area (Å²) in [6, 6.07) is 15.3. The molecule has 8 nitrogen and oxygen atoms in total. The average Bonchev–Trinajstić information content (AvgIpc) is 3.20. The number of aromatic amines is 1. The fourth-order valence-corrected chi connectivity index (χ4v) is 3.95. The van der Waals surface area contributed by atoms with E-state index in [0.29, 0.717) is 23.1 Å². The van der Waals surface area contributed by atoms with Gasteiger partial charge in [0, 0.05) is 29.1 Å². The molecule has 0 aliphatic heterocycles. The molecule has 166 valence electrons. The SMILES string of the molecule is COc1cc(C(=O)O)c(-c2ccccc2Cc2c[nH]c3ccc(C(=N)N)cc23)cc1C(=O)O. The standard InChI is InChI=1S/C25H21N3O5/c1-33-22-11-19(24(29)30)18(10-20(22)25(31)32)16-5-3-2-4-13(16)8-15-12-28-21-7-6-14(23(26)27)9-17(15)21/h2-7,9-12,28H,8H2,1H3,(H3,26,27)(H,29,30)(H,31,32). The highest BCUT2D eigenvalue weighted by Gasteiger charge is 2.22. The van der Waals surface area contributed by atoms with Crippen molar-refractivity contribution in [1.29, 1.82) is 5.41 Å². The fourth-order valence-electron chi connectivity index (χ4n) is 3.95. The summed E-state index contributed by atoms with van der Waals surface area (Å²) in [5, 5.41) is 28.0. The molecule has 0 atom stereocenters. The van der Waals surface area contributed by atoms with Gasteiger partial charge in [-0.1, -0.05) is 24.3 Å². The Kier molecular flexibility index (Phi) is 5.58. The summed E-state index contributed by atoms with van der Waals surface area (Å²) >= 11 is 0. The number of aromatic carboxylic acids is 2. The molecule has 0 saturated heterocycles. The molecule has 0 aliphatic rings. The molecule has 1 aromatic heterocycles. The van der Waals surface area contributed by atoms with Gasteiger partial charge in [0.05, 0.1) is 12.7 Å². The van der Waals surface area contributed by atoms with Crippen LogP contribution < -0.4 is 10.5 Å². The summed E-state index contributed by atoms with van der Waals surface area (Å²) in [7, 11) is 1.30. The maximum atomic E-state index is 12.0. The number of nitrogens with one attached hydrogen (secondary N) is 2. The lowest BCUT2D eigenvalue weighted by Crippen LogP contribution is -2.10. The van der Waals surface area contributed by atoms with Crippen LogP contribution >= 0.6 is 0 Å². The van der Waals surface area contributed by atoms with Crippen molar-refractivity contribution in [2.75, 3.05) is 7.11 Å². The summed E-state index contributed by atoms with van der Waals surface area (Å²) in [6.07, 6.45) is 2.31. The van der Waals surface area contributed by atoms with Crippen molar-refractivity contribution in [3.63, 3.8) is 0 Å². The van der Waals surface area contributed by atoms with Crippen molar-refractivity contribution in [1.82, 2.24) is 4.98 Å². The normalized spacial score (nSPS) is 10.8. The number of hydrogen-bond acceptors (Lipinski definition) is 4. The highest BCUT2D eigenvalue weighted by Crippen LogP contribution is 2.35. The van der Waals surface area contributed by atoms with E-state index in [1.165, 1.54) is 19.2 Å². The van der Waals surface area contributed by atoms with Crippen molar-refractivity contribution in [3.8, 4) is 16.9 Å². The second kappa shape index (κ2) is 8.51. The molecule has 8 heteroatoms. The molecule has 0 radical (unpaired) electrons. The molecule has 0 unspecified atom stereocenters. The Balaban J connectivity index is 1.87. The highest BCUT2D eigenvalue weighted by atomic mass is 16.5. The van der Waals surface area contributed by atoms with Crippen LogP contribution in [-0.2, 0) is 6.42 Å². The molecule has 1 heterocycles. The van der Waals surface area contributed by atoms with Gasteiger partial charge in [0.1, 0.15) is 17.1 Å². The largest absolute Gasteiger partial charge is 0.496 e. The molecule has 6 N–H and O–H groups in total. The number of hydrogen-bond donors (Lipinski definition) is 5. The first-order valence-electron chi connectivity index (χ1n) is 10.0. The first-order valence-corrected chi connectivity index (χ1v) is 10.0. The van der Waals surface area contributed by atoms with E-state index < -0.39 is 11.9 Å². The van der Waals surface area contributed by atoms with Gasteiger partial charge in [-0.3, -0.25) is 5.41 Å². The lowest BCUT2D eigenvalue weighted by atomic mass is 9.90. The van der Waals surface area contributed by atoms with E-state index in [0.717, 1.165) is 22.0 Å². The zero-order valence-corrected chi connectivity index (χ0v) is 17.7. The van der Waals surface area contributed by atoms with Gasteiger partial charge in [-0.25, -0.2) is 9.59 Å². The number of methoxy groups -OCH3 is 1. The molecule has 4 aromatic rings. The first kappa shape index (κ1) is 21.6. The predicted molar refractivity (Wildman–Crippen MR) is 124 cm³/mol. The minimum atomic E-state index is -1.21. The van der Waals surface area contributed by atoms with Gasteiger partial charge in [0.2, 0.25) is 0 Å². The monoisotopic (exact) mass is 443 g/mol. The highest BCUT2D eigenvalue weighted by molar-refractivity contribution is 6.02. The number of amidine groups is 1. The van der Waals surface area contributed by atoms with Crippen molar-refractivity contribution in [3.05, 3.63) is 88.6 Å². The van der Waals surface area contributed by atoms with Crippen molar-refractivity contribution in [2.24, 2.45) is 5.73 Å². The Morgan fingerprint density at radius 1 is 0.970 bits per heavy atom. The van der Waals surface area contributed by atoms with Crippen LogP contribution in [0.25, 0.3) is 22.0 Å². The first-order chi connectivity index (χ1) is 15.8. The van der Waals surface area contributed by atoms with Crippen LogP contribution in [0.2, 0.25) is 0 Å². The van der Waals surface area contributed by atoms with Crippen LogP contribution in [0.3, 0.4) is 0 Å². The Hall–Kier alpha value is -4.59. The van der Waals surface area contributed by atoms with Gasteiger partial charge < -0.3 is 25.7 Å². The van der Waals surface area contributed by atoms with Gasteiger partial charge in [-0.2, -0.15) is 0 Å². The zero-order chi connectivity index (χ0) is 23.7. The van der Waals surface area contributed by atoms with E-state index in [2.05, 4.69) is 4.98 Å². The van der Waals surface area contributed by atoms with Gasteiger partial charge in [0.15, 0.2) is 0 Å². The van der Waals surface area contributed by atoms with Crippen LogP contribution in [0, 0.1) is 5.41 Å². The van der Waals surface area contributed by atoms with E-state index in [1.54, 1.807) is 18.2 Å². The van der Waals surface area contributed by atoms with Crippen LogP contribution in [-0.4, -0.2) is 40.1 Å². The lowest BCUT2D eigenvalue weighted by molar-refractivity contribution is 0.0678. The molecule has 4 rings (SSSR count). The van der Waals surface area contributed by atoms with Gasteiger partial charge in [-0.05, 0) is 52.6 Å². The second-order valence-electron chi connectivity index (χ2n) is 7.53. The summed E-state index contributed by atoms with van der Waals surface area (Å²) in [5.74, 6) is -2.45. The number of carboxylic acid groups (broad SMARTS) is 2. The van der Waals surface area contributed by atoms with Crippen molar-refractivity contribution < 1.29 is 24.5 Å². The van der Waals surface area contributed by atoms with Crippen LogP contribution in [0.4, 0.5) is 0 Å². The maximum Gasteiger partial charge on any atom is 0.339 e. The number of benzene rings is 3. The molecular formula is C25H21N3O5. The molecule has 0 bridgehead atoms. The molecule has 0 amide bonds. The number of nitrogens with two attached hydrogens (primary N) is 1. The molecule has 0 saturated carbocycles. The smallest absolute Gasteiger partial charge is 0.339 e. The number of nitrogen functional groups attached to an aromatic ring is 1. The number of aromatic nitrogens is 1. The quantitative estimate of drug-likeness (QED) is 0.214. The molecule has 0 fully saturated rings. The Bertz CT molecular complexity index is 1420. The van der Waals surface area contributed by atoms with Gasteiger partial charge in [0.25, 0.3) is 0 Å². The van der Waals surface area contributed by atoms with Crippen molar-refractivity contribution >= 4 is 28.7 Å². The van der Waals surface area contributed by atoms with Gasteiger partial charge >= 0.3 is 11.9 Å². The van der Waals surface area contributed by atoms with Crippen molar-refractivity contribution in [2.45, 2.75) is 6.42 Å². The third-order valence-electron chi connectivity index (χ3n) is 5.57. The van der Waals surface area contributed by atoms with E-state index in [4.69, 9.17) is 15.9 Å². The molecule has 0 spiro atoms. The molecular weight excluding hydrogens is 422 g/mol. The summed E-state index contributed by atoms with van der Waals surface area (Å²) in [5.41, 5.74) is 9.61. The third-order valence-corrected chi connectivity index (χ3v) is 5.57. The summed E-state index contributed by atoms with van der Waals surface area (Å²) in [6.45, 7) is 0. The minimum Gasteiger partial charge on any atom is -0.496 e. The Labute approximate surface area is 188 Å². The van der Waals surface area contributed by atoms with E-state index in [-0.39, 0.29) is 22.7 Å². The Morgan fingerprint density at radius 3 is 2.36 bits per heavy atom. The molecule has 33 heavy (non-hydrogen) atoms. The Morgan fingerprint density at radius 2 is 1.70 bits per heavy atom. The maximum absolute atomic E-state index is 12.0. The fraction of sp³-hybridized carbons (Fsp3) is 0.0800. The number of H-pyrrole nitrogens is 1.